The molecule has 82 valence electrons. The zero-order chi connectivity index (χ0) is 11.5. The number of thiophene rings is 1. The average molecular weight is 230 g/mol. The Morgan fingerprint density at radius 2 is 1.88 bits per heavy atom. The first kappa shape index (κ1) is 11.1. The van der Waals surface area contributed by atoms with Gasteiger partial charge < -0.3 is 0 Å². The van der Waals surface area contributed by atoms with Crippen molar-refractivity contribution in [3.63, 3.8) is 0 Å². The Morgan fingerprint density at radius 3 is 2.50 bits per heavy atom. The molecule has 0 unspecified atom stereocenters. The van der Waals surface area contributed by atoms with E-state index in [1.807, 2.05) is 41.8 Å². The molecule has 2 heteroatoms. The molecule has 1 nitrogen and oxygen atoms in total. The van der Waals surface area contributed by atoms with Crippen LogP contribution in [0.3, 0.4) is 0 Å². The number of rotatable bonds is 3. The highest BCUT2D eigenvalue weighted by molar-refractivity contribution is 7.12. The van der Waals surface area contributed by atoms with Gasteiger partial charge in [-0.15, -0.1) is 11.3 Å². The summed E-state index contributed by atoms with van der Waals surface area (Å²) < 4.78 is 0. The quantitative estimate of drug-likeness (QED) is 0.725. The molecule has 0 saturated carbocycles. The lowest BCUT2D eigenvalue weighted by Crippen LogP contribution is -2.04. The van der Waals surface area contributed by atoms with E-state index in [4.69, 9.17) is 0 Å². The van der Waals surface area contributed by atoms with Crippen LogP contribution in [0.2, 0.25) is 0 Å². The lowest BCUT2D eigenvalue weighted by atomic mass is 9.94. The normalized spacial score (nSPS) is 10.7. The Morgan fingerprint density at radius 1 is 1.12 bits per heavy atom. The van der Waals surface area contributed by atoms with Crippen LogP contribution in [-0.4, -0.2) is 5.78 Å². The number of carbonyl (C=O) groups excluding carboxylic acids is 1. The van der Waals surface area contributed by atoms with Crippen molar-refractivity contribution in [3.05, 3.63) is 57.8 Å². The molecule has 0 amide bonds. The van der Waals surface area contributed by atoms with E-state index in [0.29, 0.717) is 5.92 Å². The average Bonchev–Trinajstić information content (AvgIpc) is 2.81. The fourth-order valence-corrected chi connectivity index (χ4v) is 2.43. The number of hydrogen-bond acceptors (Lipinski definition) is 2. The minimum absolute atomic E-state index is 0.138. The van der Waals surface area contributed by atoms with Crippen molar-refractivity contribution in [3.8, 4) is 0 Å². The lowest BCUT2D eigenvalue weighted by Gasteiger charge is -2.10. The Hall–Kier alpha value is -1.41. The minimum Gasteiger partial charge on any atom is -0.288 e. The molecule has 0 radical (unpaired) electrons. The summed E-state index contributed by atoms with van der Waals surface area (Å²) in [4.78, 5) is 13.1. The number of hydrogen-bond donors (Lipinski definition) is 0. The number of ketones is 1. The molecule has 0 aliphatic rings. The van der Waals surface area contributed by atoms with Crippen molar-refractivity contribution in [1.82, 2.24) is 0 Å². The monoisotopic (exact) mass is 230 g/mol. The van der Waals surface area contributed by atoms with Gasteiger partial charge >= 0.3 is 0 Å². The van der Waals surface area contributed by atoms with Gasteiger partial charge in [0.25, 0.3) is 0 Å². The molecule has 0 aliphatic carbocycles. The molecule has 0 atom stereocenters. The highest BCUT2D eigenvalue weighted by Gasteiger charge is 2.15. The van der Waals surface area contributed by atoms with Crippen LogP contribution in [-0.2, 0) is 0 Å². The van der Waals surface area contributed by atoms with E-state index in [2.05, 4.69) is 13.8 Å². The van der Waals surface area contributed by atoms with E-state index in [1.54, 1.807) is 0 Å². The standard InChI is InChI=1S/C14H14OS/c1-10(2)11-6-3-4-7-12(11)14(15)13-8-5-9-16-13/h3-10H,1-2H3. The molecule has 16 heavy (non-hydrogen) atoms. The third kappa shape index (κ3) is 2.07. The maximum atomic E-state index is 12.2. The predicted molar refractivity (Wildman–Crippen MR) is 68.3 cm³/mol. The van der Waals surface area contributed by atoms with Gasteiger partial charge in [0.2, 0.25) is 5.78 Å². The zero-order valence-corrected chi connectivity index (χ0v) is 10.3. The van der Waals surface area contributed by atoms with E-state index >= 15 is 0 Å². The van der Waals surface area contributed by atoms with Gasteiger partial charge in [0.15, 0.2) is 0 Å². The minimum atomic E-state index is 0.138. The predicted octanol–water partition coefficient (Wildman–Crippen LogP) is 4.10. The van der Waals surface area contributed by atoms with Crippen molar-refractivity contribution in [2.24, 2.45) is 0 Å². The second kappa shape index (κ2) is 4.62. The summed E-state index contributed by atoms with van der Waals surface area (Å²) in [6.07, 6.45) is 0. The van der Waals surface area contributed by atoms with E-state index < -0.39 is 0 Å². The number of benzene rings is 1. The highest BCUT2D eigenvalue weighted by Crippen LogP contribution is 2.23. The molecule has 0 N–H and O–H groups in total. The Labute approximate surface area is 99.8 Å². The van der Waals surface area contributed by atoms with Crippen molar-refractivity contribution in [2.45, 2.75) is 19.8 Å². The van der Waals surface area contributed by atoms with Gasteiger partial charge in [0.05, 0.1) is 4.88 Å². The van der Waals surface area contributed by atoms with E-state index in [0.717, 1.165) is 16.0 Å². The Bertz CT molecular complexity index is 483. The molecule has 0 spiro atoms. The molecule has 2 aromatic rings. The van der Waals surface area contributed by atoms with Crippen molar-refractivity contribution >= 4 is 17.1 Å². The lowest BCUT2D eigenvalue weighted by molar-refractivity contribution is 0.104. The summed E-state index contributed by atoms with van der Waals surface area (Å²) in [6, 6.07) is 11.6. The van der Waals surface area contributed by atoms with Crippen LogP contribution in [0.4, 0.5) is 0 Å². The van der Waals surface area contributed by atoms with Crippen LogP contribution in [0.25, 0.3) is 0 Å². The van der Waals surface area contributed by atoms with Crippen LogP contribution in [0.5, 0.6) is 0 Å². The first-order valence-corrected chi connectivity index (χ1v) is 6.25. The van der Waals surface area contributed by atoms with E-state index in [1.165, 1.54) is 11.3 Å². The van der Waals surface area contributed by atoms with Crippen molar-refractivity contribution in [1.29, 1.82) is 0 Å². The van der Waals surface area contributed by atoms with Gasteiger partial charge in [-0.05, 0) is 22.9 Å². The second-order valence-corrected chi connectivity index (χ2v) is 5.00. The maximum absolute atomic E-state index is 12.2. The largest absolute Gasteiger partial charge is 0.288 e. The molecule has 1 aromatic heterocycles. The summed E-state index contributed by atoms with van der Waals surface area (Å²) in [5.41, 5.74) is 1.96. The summed E-state index contributed by atoms with van der Waals surface area (Å²) in [5, 5.41) is 1.94. The molecule has 1 aromatic carbocycles. The molecular weight excluding hydrogens is 216 g/mol. The number of carbonyl (C=O) groups is 1. The van der Waals surface area contributed by atoms with Crippen molar-refractivity contribution < 1.29 is 4.79 Å². The SMILES string of the molecule is CC(C)c1ccccc1C(=O)c1cccs1. The molecule has 1 heterocycles. The van der Waals surface area contributed by atoms with Crippen LogP contribution < -0.4 is 0 Å². The summed E-state index contributed by atoms with van der Waals surface area (Å²) in [7, 11) is 0. The van der Waals surface area contributed by atoms with E-state index in [9.17, 15) is 4.79 Å². The Balaban J connectivity index is 2.44. The third-order valence-electron chi connectivity index (χ3n) is 2.57. The van der Waals surface area contributed by atoms with Crippen LogP contribution in [0.1, 0.15) is 40.6 Å². The second-order valence-electron chi connectivity index (χ2n) is 4.05. The van der Waals surface area contributed by atoms with Gasteiger partial charge in [-0.2, -0.15) is 0 Å². The smallest absolute Gasteiger partial charge is 0.203 e. The Kier molecular flexibility index (Phi) is 3.20. The summed E-state index contributed by atoms with van der Waals surface area (Å²) in [5.74, 6) is 0.513. The van der Waals surface area contributed by atoms with Gasteiger partial charge in [-0.3, -0.25) is 4.79 Å². The molecule has 0 aliphatic heterocycles. The highest BCUT2D eigenvalue weighted by atomic mass is 32.1. The van der Waals surface area contributed by atoms with Crippen LogP contribution in [0.15, 0.2) is 41.8 Å². The fourth-order valence-electron chi connectivity index (χ4n) is 1.75. The zero-order valence-electron chi connectivity index (χ0n) is 9.44. The molecule has 0 saturated heterocycles. The topological polar surface area (TPSA) is 17.1 Å². The third-order valence-corrected chi connectivity index (χ3v) is 3.44. The van der Waals surface area contributed by atoms with E-state index in [-0.39, 0.29) is 5.78 Å². The summed E-state index contributed by atoms with van der Waals surface area (Å²) >= 11 is 1.50. The molecule has 0 fully saturated rings. The van der Waals surface area contributed by atoms with Gasteiger partial charge in [0, 0.05) is 5.56 Å². The summed E-state index contributed by atoms with van der Waals surface area (Å²) in [6.45, 7) is 4.22. The first-order chi connectivity index (χ1) is 7.70. The van der Waals surface area contributed by atoms with Crippen molar-refractivity contribution in [2.75, 3.05) is 0 Å². The van der Waals surface area contributed by atoms with Gasteiger partial charge in [0.1, 0.15) is 0 Å². The molecule has 2 rings (SSSR count). The fraction of sp³-hybridized carbons (Fsp3) is 0.214. The van der Waals surface area contributed by atoms with Gasteiger partial charge in [-0.25, -0.2) is 0 Å². The molecule has 0 bridgehead atoms. The molecular formula is C14H14OS. The maximum Gasteiger partial charge on any atom is 0.203 e. The van der Waals surface area contributed by atoms with Crippen LogP contribution in [0, 0.1) is 0 Å². The van der Waals surface area contributed by atoms with Crippen LogP contribution >= 0.6 is 11.3 Å². The first-order valence-electron chi connectivity index (χ1n) is 5.37. The van der Waals surface area contributed by atoms with Gasteiger partial charge in [-0.1, -0.05) is 44.2 Å².